The number of piperidine rings is 1. The number of aliphatic hydroxyl groups is 1. The van der Waals surface area contributed by atoms with Crippen molar-refractivity contribution in [2.45, 2.75) is 32.3 Å². The molecule has 5 heteroatoms. The minimum absolute atomic E-state index is 0.294. The van der Waals surface area contributed by atoms with Crippen molar-refractivity contribution in [3.8, 4) is 5.75 Å². The number of aryl methyl sites for hydroxylation is 1. The highest BCUT2D eigenvalue weighted by Gasteiger charge is 2.12. The highest BCUT2D eigenvalue weighted by atomic mass is 79.9. The van der Waals surface area contributed by atoms with E-state index in [2.05, 4.69) is 26.4 Å². The lowest BCUT2D eigenvalue weighted by Gasteiger charge is -2.28. The first kappa shape index (κ1) is 15.8. The molecule has 2 N–H and O–H groups in total. The number of hydrazine groups is 1. The number of ether oxygens (including phenoxy) is 1. The summed E-state index contributed by atoms with van der Waals surface area (Å²) in [7, 11) is 0. The van der Waals surface area contributed by atoms with E-state index in [4.69, 9.17) is 4.74 Å². The van der Waals surface area contributed by atoms with E-state index in [0.29, 0.717) is 13.2 Å². The van der Waals surface area contributed by atoms with Crippen molar-refractivity contribution < 1.29 is 9.84 Å². The van der Waals surface area contributed by atoms with Crippen LogP contribution in [0.25, 0.3) is 0 Å². The van der Waals surface area contributed by atoms with Crippen LogP contribution in [0.1, 0.15) is 24.8 Å². The zero-order valence-electron chi connectivity index (χ0n) is 11.9. The Morgan fingerprint density at radius 1 is 1.35 bits per heavy atom. The summed E-state index contributed by atoms with van der Waals surface area (Å²) in [5.74, 6) is 0.771. The third kappa shape index (κ3) is 5.05. The van der Waals surface area contributed by atoms with E-state index in [-0.39, 0.29) is 0 Å². The van der Waals surface area contributed by atoms with E-state index in [0.717, 1.165) is 23.3 Å². The molecule has 0 saturated carbocycles. The Labute approximate surface area is 129 Å². The minimum atomic E-state index is -0.509. The summed E-state index contributed by atoms with van der Waals surface area (Å²) < 4.78 is 6.56. The van der Waals surface area contributed by atoms with Crippen molar-refractivity contribution in [2.24, 2.45) is 0 Å². The number of nitrogens with zero attached hydrogens (tertiary/aromatic N) is 1. The zero-order chi connectivity index (χ0) is 14.4. The van der Waals surface area contributed by atoms with Crippen molar-refractivity contribution in [3.05, 3.63) is 28.2 Å². The SMILES string of the molecule is Cc1ccc(OCC(O)CNN2CCCCC2)c(Br)c1. The van der Waals surface area contributed by atoms with Gasteiger partial charge in [-0.05, 0) is 53.4 Å². The molecule has 1 aliphatic heterocycles. The van der Waals surface area contributed by atoms with Crippen LogP contribution in [-0.4, -0.2) is 42.5 Å². The maximum Gasteiger partial charge on any atom is 0.133 e. The molecule has 1 atom stereocenters. The Morgan fingerprint density at radius 2 is 2.10 bits per heavy atom. The van der Waals surface area contributed by atoms with Gasteiger partial charge in [0.05, 0.1) is 4.47 Å². The first-order valence-corrected chi connectivity index (χ1v) is 8.00. The van der Waals surface area contributed by atoms with Crippen LogP contribution >= 0.6 is 15.9 Å². The van der Waals surface area contributed by atoms with Gasteiger partial charge in [0, 0.05) is 19.6 Å². The number of benzene rings is 1. The van der Waals surface area contributed by atoms with Crippen LogP contribution in [0.5, 0.6) is 5.75 Å². The van der Waals surface area contributed by atoms with E-state index >= 15 is 0 Å². The first-order valence-electron chi connectivity index (χ1n) is 7.20. The fourth-order valence-corrected chi connectivity index (χ4v) is 2.86. The molecule has 1 aliphatic rings. The van der Waals surface area contributed by atoms with Gasteiger partial charge in [-0.2, -0.15) is 0 Å². The molecule has 1 unspecified atom stereocenters. The Morgan fingerprint density at radius 3 is 2.80 bits per heavy atom. The van der Waals surface area contributed by atoms with Crippen LogP contribution < -0.4 is 10.2 Å². The average molecular weight is 343 g/mol. The molecule has 4 nitrogen and oxygen atoms in total. The fraction of sp³-hybridized carbons (Fsp3) is 0.600. The predicted molar refractivity (Wildman–Crippen MR) is 83.8 cm³/mol. The van der Waals surface area contributed by atoms with Gasteiger partial charge in [0.25, 0.3) is 0 Å². The van der Waals surface area contributed by atoms with Gasteiger partial charge >= 0.3 is 0 Å². The van der Waals surface area contributed by atoms with Gasteiger partial charge in [-0.1, -0.05) is 12.5 Å². The Kier molecular flexibility index (Phi) is 6.29. The van der Waals surface area contributed by atoms with E-state index in [9.17, 15) is 5.11 Å². The largest absolute Gasteiger partial charge is 0.490 e. The van der Waals surface area contributed by atoms with Gasteiger partial charge in [-0.15, -0.1) is 0 Å². The topological polar surface area (TPSA) is 44.7 Å². The van der Waals surface area contributed by atoms with E-state index in [1.807, 2.05) is 25.1 Å². The minimum Gasteiger partial charge on any atom is -0.490 e. The molecule has 0 radical (unpaired) electrons. The third-order valence-corrected chi connectivity index (χ3v) is 4.04. The van der Waals surface area contributed by atoms with Crippen LogP contribution in [0.4, 0.5) is 0 Å². The van der Waals surface area contributed by atoms with Crippen molar-refractivity contribution in [2.75, 3.05) is 26.2 Å². The second-order valence-corrected chi connectivity index (χ2v) is 6.16. The Hall–Kier alpha value is -0.620. The fourth-order valence-electron chi connectivity index (χ4n) is 2.25. The lowest BCUT2D eigenvalue weighted by molar-refractivity contribution is 0.0682. The maximum absolute atomic E-state index is 9.96. The summed E-state index contributed by atoms with van der Waals surface area (Å²) in [6.45, 7) is 4.99. The van der Waals surface area contributed by atoms with Gasteiger partial charge in [-0.25, -0.2) is 5.01 Å². The van der Waals surface area contributed by atoms with Crippen LogP contribution in [0, 0.1) is 6.92 Å². The summed E-state index contributed by atoms with van der Waals surface area (Å²) in [6, 6.07) is 5.93. The van der Waals surface area contributed by atoms with E-state index < -0.39 is 6.10 Å². The first-order chi connectivity index (χ1) is 9.65. The second-order valence-electron chi connectivity index (χ2n) is 5.31. The summed E-state index contributed by atoms with van der Waals surface area (Å²) in [5.41, 5.74) is 4.45. The van der Waals surface area contributed by atoms with Crippen LogP contribution in [-0.2, 0) is 0 Å². The number of nitrogens with one attached hydrogen (secondary N) is 1. The highest BCUT2D eigenvalue weighted by molar-refractivity contribution is 9.10. The summed E-state index contributed by atoms with van der Waals surface area (Å²) in [6.07, 6.45) is 3.27. The molecule has 1 saturated heterocycles. The summed E-state index contributed by atoms with van der Waals surface area (Å²) in [4.78, 5) is 0. The number of halogens is 1. The van der Waals surface area contributed by atoms with Gasteiger partial charge in [-0.3, -0.25) is 5.43 Å². The molecule has 2 rings (SSSR count). The Bertz CT molecular complexity index is 422. The van der Waals surface area contributed by atoms with Gasteiger partial charge in [0.2, 0.25) is 0 Å². The molecular weight excluding hydrogens is 320 g/mol. The van der Waals surface area contributed by atoms with Gasteiger partial charge < -0.3 is 9.84 Å². The van der Waals surface area contributed by atoms with Crippen molar-refractivity contribution >= 4 is 15.9 Å². The van der Waals surface area contributed by atoms with E-state index in [1.165, 1.54) is 24.8 Å². The van der Waals surface area contributed by atoms with Gasteiger partial charge in [0.15, 0.2) is 0 Å². The second kappa shape index (κ2) is 7.98. The van der Waals surface area contributed by atoms with Crippen molar-refractivity contribution in [1.29, 1.82) is 0 Å². The standard InChI is InChI=1S/C15H23BrN2O2/c1-12-5-6-15(14(16)9-12)20-11-13(19)10-17-18-7-3-2-4-8-18/h5-6,9,13,17,19H,2-4,7-8,10-11H2,1H3. The third-order valence-electron chi connectivity index (χ3n) is 3.43. The highest BCUT2D eigenvalue weighted by Crippen LogP contribution is 2.25. The molecule has 20 heavy (non-hydrogen) atoms. The molecule has 1 aromatic carbocycles. The Balaban J connectivity index is 1.70. The van der Waals surface area contributed by atoms with Crippen LogP contribution in [0.2, 0.25) is 0 Å². The maximum atomic E-state index is 9.96. The van der Waals surface area contributed by atoms with Crippen molar-refractivity contribution in [3.63, 3.8) is 0 Å². The number of aliphatic hydroxyl groups excluding tert-OH is 1. The van der Waals surface area contributed by atoms with Gasteiger partial charge in [0.1, 0.15) is 18.5 Å². The monoisotopic (exact) mass is 342 g/mol. The summed E-state index contributed by atoms with van der Waals surface area (Å²) in [5, 5.41) is 12.1. The zero-order valence-corrected chi connectivity index (χ0v) is 13.5. The molecule has 1 aromatic rings. The number of hydrogen-bond donors (Lipinski definition) is 2. The molecule has 0 bridgehead atoms. The lowest BCUT2D eigenvalue weighted by atomic mass is 10.2. The number of rotatable bonds is 6. The molecular formula is C15H23BrN2O2. The number of hydrogen-bond acceptors (Lipinski definition) is 4. The smallest absolute Gasteiger partial charge is 0.133 e. The molecule has 0 aliphatic carbocycles. The van der Waals surface area contributed by atoms with Crippen LogP contribution in [0.3, 0.4) is 0 Å². The summed E-state index contributed by atoms with van der Waals surface area (Å²) >= 11 is 3.47. The molecule has 1 heterocycles. The van der Waals surface area contributed by atoms with Crippen LogP contribution in [0.15, 0.2) is 22.7 Å². The quantitative estimate of drug-likeness (QED) is 0.833. The molecule has 0 aromatic heterocycles. The average Bonchev–Trinajstić information content (AvgIpc) is 2.45. The lowest BCUT2D eigenvalue weighted by Crippen LogP contribution is -2.46. The molecule has 0 amide bonds. The predicted octanol–water partition coefficient (Wildman–Crippen LogP) is 2.49. The normalized spacial score (nSPS) is 17.9. The molecule has 0 spiro atoms. The molecule has 112 valence electrons. The van der Waals surface area contributed by atoms with Crippen molar-refractivity contribution in [1.82, 2.24) is 10.4 Å². The van der Waals surface area contributed by atoms with E-state index in [1.54, 1.807) is 0 Å². The molecule has 1 fully saturated rings.